The van der Waals surface area contributed by atoms with Crippen LogP contribution in [-0.2, 0) is 27.3 Å². The Morgan fingerprint density at radius 1 is 0.925 bits per heavy atom. The second kappa shape index (κ2) is 20.3. The Morgan fingerprint density at radius 3 is 2.30 bits per heavy atom. The molecule has 0 radical (unpaired) electrons. The van der Waals surface area contributed by atoms with E-state index < -0.39 is 24.0 Å². The zero-order valence-electron chi connectivity index (χ0n) is 24.8. The van der Waals surface area contributed by atoms with Crippen LogP contribution < -0.4 is 10.1 Å². The van der Waals surface area contributed by atoms with E-state index in [2.05, 4.69) is 12.2 Å². The Bertz CT molecular complexity index is 1040. The summed E-state index contributed by atoms with van der Waals surface area (Å²) in [6, 6.07) is 16.3. The SMILES string of the molecule is CC.CCCCCCC(=N)C(=O)N(Cc1ccccc1)C(=O)NCCCc1cccc(OC(C)C(=O)OCC)c1. The third kappa shape index (κ3) is 12.9. The van der Waals surface area contributed by atoms with Crippen molar-refractivity contribution in [1.82, 2.24) is 10.2 Å². The molecular weight excluding hydrogens is 506 g/mol. The minimum Gasteiger partial charge on any atom is -0.479 e. The molecule has 2 aromatic rings. The van der Waals surface area contributed by atoms with Crippen molar-refractivity contribution in [1.29, 1.82) is 5.41 Å². The molecule has 0 aliphatic carbocycles. The van der Waals surface area contributed by atoms with Gasteiger partial charge in [-0.1, -0.05) is 82.5 Å². The van der Waals surface area contributed by atoms with E-state index in [0.29, 0.717) is 38.2 Å². The Labute approximate surface area is 239 Å². The van der Waals surface area contributed by atoms with Crippen LogP contribution in [0.5, 0.6) is 5.75 Å². The number of carbonyl (C=O) groups is 3. The third-order valence-electron chi connectivity index (χ3n) is 5.96. The van der Waals surface area contributed by atoms with Gasteiger partial charge in [-0.05, 0) is 62.8 Å². The molecule has 3 amide bonds. The van der Waals surface area contributed by atoms with Crippen molar-refractivity contribution < 1.29 is 23.9 Å². The lowest BCUT2D eigenvalue weighted by molar-refractivity contribution is -0.150. The summed E-state index contributed by atoms with van der Waals surface area (Å²) in [4.78, 5) is 39.0. The molecule has 0 bridgehead atoms. The zero-order chi connectivity index (χ0) is 29.8. The molecule has 2 aromatic carbocycles. The van der Waals surface area contributed by atoms with Crippen LogP contribution in [0.2, 0.25) is 0 Å². The van der Waals surface area contributed by atoms with E-state index in [0.717, 1.165) is 41.7 Å². The molecule has 0 fully saturated rings. The summed E-state index contributed by atoms with van der Waals surface area (Å²) < 4.78 is 10.7. The summed E-state index contributed by atoms with van der Waals surface area (Å²) >= 11 is 0. The van der Waals surface area contributed by atoms with E-state index in [1.807, 2.05) is 62.4 Å². The first-order valence-electron chi connectivity index (χ1n) is 14.5. The lowest BCUT2D eigenvalue weighted by Crippen LogP contribution is -2.46. The number of hydrogen-bond acceptors (Lipinski definition) is 6. The molecule has 2 rings (SSSR count). The van der Waals surface area contributed by atoms with Gasteiger partial charge in [-0.25, -0.2) is 9.59 Å². The highest BCUT2D eigenvalue weighted by Gasteiger charge is 2.24. The normalized spacial score (nSPS) is 10.9. The zero-order valence-corrected chi connectivity index (χ0v) is 24.8. The number of unbranched alkanes of at least 4 members (excludes halogenated alkanes) is 3. The van der Waals surface area contributed by atoms with Gasteiger partial charge in [-0.2, -0.15) is 0 Å². The molecule has 0 saturated carbocycles. The summed E-state index contributed by atoms with van der Waals surface area (Å²) in [6.07, 6.45) is 4.84. The maximum Gasteiger partial charge on any atom is 0.347 e. The lowest BCUT2D eigenvalue weighted by Gasteiger charge is -2.22. The van der Waals surface area contributed by atoms with E-state index in [-0.39, 0.29) is 12.3 Å². The molecule has 8 nitrogen and oxygen atoms in total. The molecule has 1 atom stereocenters. The smallest absolute Gasteiger partial charge is 0.347 e. The van der Waals surface area contributed by atoms with Crippen LogP contribution >= 0.6 is 0 Å². The fraction of sp³-hybridized carbons (Fsp3) is 0.500. The summed E-state index contributed by atoms with van der Waals surface area (Å²) in [7, 11) is 0. The van der Waals surface area contributed by atoms with Crippen LogP contribution in [-0.4, -0.2) is 47.8 Å². The number of rotatable bonds is 16. The molecule has 40 heavy (non-hydrogen) atoms. The van der Waals surface area contributed by atoms with Crippen LogP contribution in [0.4, 0.5) is 4.79 Å². The number of urea groups is 1. The van der Waals surface area contributed by atoms with Crippen molar-refractivity contribution >= 4 is 23.6 Å². The first-order chi connectivity index (χ1) is 19.3. The van der Waals surface area contributed by atoms with Crippen molar-refractivity contribution in [2.45, 2.75) is 92.2 Å². The second-order valence-electron chi connectivity index (χ2n) is 9.16. The minimum atomic E-state index is -0.706. The van der Waals surface area contributed by atoms with Crippen LogP contribution in [0.3, 0.4) is 0 Å². The van der Waals surface area contributed by atoms with Crippen LogP contribution in [0.15, 0.2) is 54.6 Å². The predicted octanol–water partition coefficient (Wildman–Crippen LogP) is 6.70. The number of nitrogens with one attached hydrogen (secondary N) is 2. The number of imide groups is 1. The number of hydrogen-bond donors (Lipinski definition) is 2. The number of nitrogens with zero attached hydrogens (tertiary/aromatic N) is 1. The number of esters is 1. The third-order valence-corrected chi connectivity index (χ3v) is 5.96. The Kier molecular flexibility index (Phi) is 17.4. The molecule has 220 valence electrons. The van der Waals surface area contributed by atoms with E-state index >= 15 is 0 Å². The van der Waals surface area contributed by atoms with E-state index in [1.165, 1.54) is 0 Å². The van der Waals surface area contributed by atoms with E-state index in [1.54, 1.807) is 19.9 Å². The number of amides is 3. The molecule has 2 N–H and O–H groups in total. The lowest BCUT2D eigenvalue weighted by atomic mass is 10.1. The van der Waals surface area contributed by atoms with Gasteiger partial charge in [0.15, 0.2) is 6.10 Å². The topological polar surface area (TPSA) is 109 Å². The standard InChI is InChI=1S/C30H41N3O5.C2H6/c1-4-6-7-11-19-27(31)28(34)33(22-25-14-9-8-10-15-25)30(36)32-20-13-17-24-16-12-18-26(21-24)38-23(3)29(35)37-5-2;1-2/h8-10,12,14-16,18,21,23,31H,4-7,11,13,17,19-20,22H2,1-3H3,(H,32,36);1-2H3. The van der Waals surface area contributed by atoms with Crippen molar-refractivity contribution in [3.63, 3.8) is 0 Å². The van der Waals surface area contributed by atoms with Crippen LogP contribution in [0.25, 0.3) is 0 Å². The second-order valence-corrected chi connectivity index (χ2v) is 9.16. The van der Waals surface area contributed by atoms with Gasteiger partial charge in [0.25, 0.3) is 5.91 Å². The quantitative estimate of drug-likeness (QED) is 0.137. The van der Waals surface area contributed by atoms with Gasteiger partial charge < -0.3 is 14.8 Å². The molecular formula is C32H47N3O5. The summed E-state index contributed by atoms with van der Waals surface area (Å²) in [5.74, 6) is -0.392. The van der Waals surface area contributed by atoms with E-state index in [4.69, 9.17) is 14.9 Å². The molecule has 0 aliphatic rings. The van der Waals surface area contributed by atoms with Gasteiger partial charge in [0.05, 0.1) is 18.9 Å². The molecule has 0 heterocycles. The van der Waals surface area contributed by atoms with Crippen LogP contribution in [0.1, 0.15) is 84.3 Å². The first-order valence-corrected chi connectivity index (χ1v) is 14.5. The van der Waals surface area contributed by atoms with Crippen molar-refractivity contribution in [3.05, 3.63) is 65.7 Å². The highest BCUT2D eigenvalue weighted by molar-refractivity contribution is 6.39. The number of benzene rings is 2. The highest BCUT2D eigenvalue weighted by atomic mass is 16.6. The maximum absolute atomic E-state index is 13.0. The average Bonchev–Trinajstić information content (AvgIpc) is 2.97. The maximum atomic E-state index is 13.0. The Hall–Kier alpha value is -3.68. The molecule has 0 saturated heterocycles. The Morgan fingerprint density at radius 2 is 1.62 bits per heavy atom. The summed E-state index contributed by atoms with van der Waals surface area (Å²) in [5.41, 5.74) is 1.78. The largest absolute Gasteiger partial charge is 0.479 e. The summed E-state index contributed by atoms with van der Waals surface area (Å²) in [5, 5.41) is 11.1. The first kappa shape index (κ1) is 34.3. The predicted molar refractivity (Wildman–Crippen MR) is 160 cm³/mol. The van der Waals surface area contributed by atoms with Gasteiger partial charge in [-0.3, -0.25) is 15.1 Å². The van der Waals surface area contributed by atoms with Gasteiger partial charge >= 0.3 is 12.0 Å². The van der Waals surface area contributed by atoms with Crippen molar-refractivity contribution in [2.75, 3.05) is 13.2 Å². The van der Waals surface area contributed by atoms with Gasteiger partial charge in [-0.15, -0.1) is 0 Å². The van der Waals surface area contributed by atoms with Crippen LogP contribution in [0, 0.1) is 5.41 Å². The fourth-order valence-corrected chi connectivity index (χ4v) is 3.87. The van der Waals surface area contributed by atoms with Gasteiger partial charge in [0.2, 0.25) is 0 Å². The molecule has 0 aliphatic heterocycles. The molecule has 0 spiro atoms. The number of aryl methyl sites for hydroxylation is 1. The number of carbonyl (C=O) groups excluding carboxylic acids is 3. The van der Waals surface area contributed by atoms with Crippen molar-refractivity contribution in [2.24, 2.45) is 0 Å². The highest BCUT2D eigenvalue weighted by Crippen LogP contribution is 2.17. The molecule has 0 aromatic heterocycles. The summed E-state index contributed by atoms with van der Waals surface area (Å²) in [6.45, 7) is 10.3. The van der Waals surface area contributed by atoms with E-state index in [9.17, 15) is 14.4 Å². The van der Waals surface area contributed by atoms with Crippen molar-refractivity contribution in [3.8, 4) is 5.75 Å². The molecule has 1 unspecified atom stereocenters. The Balaban J connectivity index is 0.00000391. The minimum absolute atomic E-state index is 0.0407. The fourth-order valence-electron chi connectivity index (χ4n) is 3.87. The average molecular weight is 554 g/mol. The number of ether oxygens (including phenoxy) is 2. The van der Waals surface area contributed by atoms with Gasteiger partial charge in [0.1, 0.15) is 5.75 Å². The van der Waals surface area contributed by atoms with Gasteiger partial charge in [0, 0.05) is 6.54 Å². The monoisotopic (exact) mass is 553 g/mol. The molecule has 8 heteroatoms.